The van der Waals surface area contributed by atoms with E-state index in [0.717, 1.165) is 18.7 Å². The van der Waals surface area contributed by atoms with Gasteiger partial charge in [0.2, 0.25) is 0 Å². The van der Waals surface area contributed by atoms with Crippen LogP contribution in [0.15, 0.2) is 36.7 Å². The monoisotopic (exact) mass is 252 g/mol. The normalized spacial score (nSPS) is 12.4. The largest absolute Gasteiger partial charge is 0.382 e. The summed E-state index contributed by atoms with van der Waals surface area (Å²) in [5, 5.41) is 3.12. The third-order valence-corrected chi connectivity index (χ3v) is 2.93. The molecule has 0 bridgehead atoms. The van der Waals surface area contributed by atoms with Crippen LogP contribution in [-0.4, -0.2) is 37.7 Å². The van der Waals surface area contributed by atoms with Crippen LogP contribution in [0.3, 0.4) is 0 Å². The molecule has 3 nitrogen and oxygen atoms in total. The number of likely N-dealkylation sites (N-methyl/N-ethyl adjacent to an activating group) is 1. The zero-order valence-corrected chi connectivity index (χ0v) is 12.5. The zero-order valence-electron chi connectivity index (χ0n) is 12.5. The second-order valence-electron chi connectivity index (χ2n) is 4.89. The molecule has 0 saturated heterocycles. The molecule has 0 rings (SSSR count). The molecule has 3 heteroatoms. The van der Waals surface area contributed by atoms with Gasteiger partial charge in [0, 0.05) is 19.4 Å². The quantitative estimate of drug-likeness (QED) is 0.639. The van der Waals surface area contributed by atoms with Gasteiger partial charge in [0.25, 0.3) is 0 Å². The van der Waals surface area contributed by atoms with Gasteiger partial charge in [-0.15, -0.1) is 0 Å². The fraction of sp³-hybridized carbons (Fsp3) is 0.600. The Kier molecular flexibility index (Phi) is 7.64. The highest BCUT2D eigenvalue weighted by Gasteiger charge is 2.26. The van der Waals surface area contributed by atoms with E-state index in [0.29, 0.717) is 6.61 Å². The van der Waals surface area contributed by atoms with Crippen LogP contribution >= 0.6 is 0 Å². The van der Waals surface area contributed by atoms with E-state index >= 15 is 0 Å². The van der Waals surface area contributed by atoms with Crippen molar-refractivity contribution in [3.05, 3.63) is 36.7 Å². The molecule has 0 aliphatic heterocycles. The van der Waals surface area contributed by atoms with Crippen LogP contribution in [0.1, 0.15) is 27.2 Å². The van der Waals surface area contributed by atoms with Crippen molar-refractivity contribution in [1.29, 1.82) is 0 Å². The number of allylic oxidation sites excluding steroid dienone is 1. The fourth-order valence-electron chi connectivity index (χ4n) is 1.99. The van der Waals surface area contributed by atoms with Crippen molar-refractivity contribution >= 4 is 0 Å². The van der Waals surface area contributed by atoms with Crippen molar-refractivity contribution in [2.75, 3.05) is 27.3 Å². The van der Waals surface area contributed by atoms with Crippen LogP contribution in [0.25, 0.3) is 0 Å². The van der Waals surface area contributed by atoms with Crippen LogP contribution < -0.4 is 5.32 Å². The maximum Gasteiger partial charge on any atom is 0.0692 e. The van der Waals surface area contributed by atoms with E-state index in [-0.39, 0.29) is 5.54 Å². The van der Waals surface area contributed by atoms with Gasteiger partial charge in [0.15, 0.2) is 0 Å². The molecule has 104 valence electrons. The molecule has 0 fully saturated rings. The highest BCUT2D eigenvalue weighted by molar-refractivity contribution is 5.30. The number of nitrogens with zero attached hydrogens (tertiary/aromatic N) is 1. The maximum atomic E-state index is 5.27. The molecule has 0 aromatic rings. The summed E-state index contributed by atoms with van der Waals surface area (Å²) in [7, 11) is 3.65. The molecule has 0 atom stereocenters. The van der Waals surface area contributed by atoms with Crippen molar-refractivity contribution in [3.63, 3.8) is 0 Å². The molecule has 0 aliphatic carbocycles. The first-order valence-electron chi connectivity index (χ1n) is 6.38. The molecule has 0 saturated carbocycles. The van der Waals surface area contributed by atoms with Crippen molar-refractivity contribution in [1.82, 2.24) is 10.2 Å². The van der Waals surface area contributed by atoms with Crippen molar-refractivity contribution in [2.24, 2.45) is 0 Å². The summed E-state index contributed by atoms with van der Waals surface area (Å²) in [5.74, 6) is 0. The Hall–Kier alpha value is -1.06. The Labute approximate surface area is 112 Å². The SMILES string of the molecule is C=CN(C(=C)/C(=C\CNC)CC)C(C)(C)COC. The lowest BCUT2D eigenvalue weighted by atomic mass is 10.0. The van der Waals surface area contributed by atoms with Gasteiger partial charge in [-0.3, -0.25) is 0 Å². The van der Waals surface area contributed by atoms with E-state index in [2.05, 4.69) is 50.2 Å². The van der Waals surface area contributed by atoms with Gasteiger partial charge in [-0.25, -0.2) is 0 Å². The summed E-state index contributed by atoms with van der Waals surface area (Å²) in [5.41, 5.74) is 2.07. The highest BCUT2D eigenvalue weighted by Crippen LogP contribution is 2.26. The van der Waals surface area contributed by atoms with Gasteiger partial charge < -0.3 is 15.0 Å². The van der Waals surface area contributed by atoms with Crippen LogP contribution in [0, 0.1) is 0 Å². The van der Waals surface area contributed by atoms with Crippen LogP contribution in [0.4, 0.5) is 0 Å². The molecule has 18 heavy (non-hydrogen) atoms. The third kappa shape index (κ3) is 4.67. The maximum absolute atomic E-state index is 5.27. The van der Waals surface area contributed by atoms with Gasteiger partial charge in [0.1, 0.15) is 0 Å². The van der Waals surface area contributed by atoms with Crippen LogP contribution in [-0.2, 0) is 4.74 Å². The second kappa shape index (κ2) is 8.11. The summed E-state index contributed by atoms with van der Waals surface area (Å²) >= 11 is 0. The summed E-state index contributed by atoms with van der Waals surface area (Å²) in [4.78, 5) is 2.08. The molecule has 0 radical (unpaired) electrons. The molecule has 0 aliphatic rings. The first-order valence-corrected chi connectivity index (χ1v) is 6.38. The molecule has 0 spiro atoms. The Morgan fingerprint density at radius 3 is 2.44 bits per heavy atom. The minimum Gasteiger partial charge on any atom is -0.382 e. The Balaban J connectivity index is 5.05. The zero-order chi connectivity index (χ0) is 14.2. The topological polar surface area (TPSA) is 24.5 Å². The van der Waals surface area contributed by atoms with E-state index in [4.69, 9.17) is 4.74 Å². The number of ether oxygens (including phenoxy) is 1. The smallest absolute Gasteiger partial charge is 0.0692 e. The van der Waals surface area contributed by atoms with Gasteiger partial charge in [0.05, 0.1) is 12.1 Å². The van der Waals surface area contributed by atoms with Gasteiger partial charge in [-0.2, -0.15) is 0 Å². The van der Waals surface area contributed by atoms with Gasteiger partial charge in [-0.05, 0) is 39.1 Å². The first-order chi connectivity index (χ1) is 8.44. The number of nitrogens with one attached hydrogen (secondary N) is 1. The lowest BCUT2D eigenvalue weighted by molar-refractivity contribution is 0.0823. The summed E-state index contributed by atoms with van der Waals surface area (Å²) in [6.45, 7) is 15.9. The molecule has 0 unspecified atom stereocenters. The third-order valence-electron chi connectivity index (χ3n) is 2.93. The Bertz CT molecular complexity index is 306. The number of hydrogen-bond acceptors (Lipinski definition) is 3. The molecule has 0 aromatic heterocycles. The molecular weight excluding hydrogens is 224 g/mol. The van der Waals surface area contributed by atoms with E-state index in [1.165, 1.54) is 5.57 Å². The molecule has 0 heterocycles. The minimum atomic E-state index is -0.151. The Morgan fingerprint density at radius 2 is 2.06 bits per heavy atom. The lowest BCUT2D eigenvalue weighted by Gasteiger charge is -2.39. The standard InChI is InChI=1S/C15H28N2O/c1-8-14(10-11-16-6)13(3)17(9-2)15(4,5)12-18-7/h9-10,16H,2-3,8,11-12H2,1,4-7H3/b14-10-. The van der Waals surface area contributed by atoms with Crippen LogP contribution in [0.5, 0.6) is 0 Å². The van der Waals surface area contributed by atoms with Crippen molar-refractivity contribution in [3.8, 4) is 0 Å². The number of methoxy groups -OCH3 is 1. The molecule has 0 amide bonds. The van der Waals surface area contributed by atoms with Crippen molar-refractivity contribution < 1.29 is 4.74 Å². The predicted molar refractivity (Wildman–Crippen MR) is 79.4 cm³/mol. The second-order valence-corrected chi connectivity index (χ2v) is 4.89. The van der Waals surface area contributed by atoms with Gasteiger partial charge in [-0.1, -0.05) is 26.2 Å². The Morgan fingerprint density at radius 1 is 1.44 bits per heavy atom. The minimum absolute atomic E-state index is 0.151. The summed E-state index contributed by atoms with van der Waals surface area (Å²) in [6, 6.07) is 0. The number of hydrogen-bond donors (Lipinski definition) is 1. The molecular formula is C15H28N2O. The van der Waals surface area contributed by atoms with E-state index in [1.807, 2.05) is 13.2 Å². The van der Waals surface area contributed by atoms with Crippen molar-refractivity contribution in [2.45, 2.75) is 32.7 Å². The average Bonchev–Trinajstić information content (AvgIpc) is 2.30. The van der Waals surface area contributed by atoms with Crippen LogP contribution in [0.2, 0.25) is 0 Å². The molecule has 1 N–H and O–H groups in total. The first kappa shape index (κ1) is 16.9. The predicted octanol–water partition coefficient (Wildman–Crippen LogP) is 2.93. The number of rotatable bonds is 9. The highest BCUT2D eigenvalue weighted by atomic mass is 16.5. The average molecular weight is 252 g/mol. The fourth-order valence-corrected chi connectivity index (χ4v) is 1.99. The van der Waals surface area contributed by atoms with E-state index in [1.54, 1.807) is 7.11 Å². The van der Waals surface area contributed by atoms with E-state index < -0.39 is 0 Å². The van der Waals surface area contributed by atoms with E-state index in [9.17, 15) is 0 Å². The molecule has 0 aromatic carbocycles. The summed E-state index contributed by atoms with van der Waals surface area (Å²) in [6.07, 6.45) is 4.94. The summed E-state index contributed by atoms with van der Waals surface area (Å²) < 4.78 is 5.27. The lowest BCUT2D eigenvalue weighted by Crippen LogP contribution is -2.43. The van der Waals surface area contributed by atoms with Gasteiger partial charge >= 0.3 is 0 Å².